The van der Waals surface area contributed by atoms with Crippen molar-refractivity contribution in [2.24, 2.45) is 5.92 Å². The van der Waals surface area contributed by atoms with Gasteiger partial charge < -0.3 is 10.1 Å². The number of amides is 1. The summed E-state index contributed by atoms with van der Waals surface area (Å²) in [6.45, 7) is 4.34. The number of benzene rings is 1. The summed E-state index contributed by atoms with van der Waals surface area (Å²) in [6.07, 6.45) is 8.14. The summed E-state index contributed by atoms with van der Waals surface area (Å²) in [5, 5.41) is 11.1. The predicted molar refractivity (Wildman–Crippen MR) is 110 cm³/mol. The fourth-order valence-electron chi connectivity index (χ4n) is 3.49. The molecule has 1 saturated carbocycles. The van der Waals surface area contributed by atoms with E-state index < -0.39 is 12.1 Å². The van der Waals surface area contributed by atoms with Gasteiger partial charge in [0, 0.05) is 12.1 Å². The van der Waals surface area contributed by atoms with E-state index in [-0.39, 0.29) is 11.9 Å². The Bertz CT molecular complexity index is 847. The molecular weight excluding hydrogens is 368 g/mol. The fourth-order valence-corrected chi connectivity index (χ4v) is 3.49. The molecule has 3 rings (SSSR count). The van der Waals surface area contributed by atoms with Gasteiger partial charge in [0.15, 0.2) is 6.10 Å². The highest BCUT2D eigenvalue weighted by atomic mass is 16.5. The van der Waals surface area contributed by atoms with Crippen LogP contribution in [0.5, 0.6) is 0 Å². The molecule has 1 heterocycles. The molecule has 1 amide bonds. The minimum atomic E-state index is -0.838. The molecule has 2 aromatic rings. The van der Waals surface area contributed by atoms with Crippen molar-refractivity contribution >= 4 is 18.0 Å². The minimum Gasteiger partial charge on any atom is -0.449 e. The quantitative estimate of drug-likeness (QED) is 0.574. The molecule has 1 aromatic carbocycles. The molecule has 0 radical (unpaired) electrons. The number of esters is 1. The third-order valence-corrected chi connectivity index (χ3v) is 5.24. The molecule has 7 nitrogen and oxygen atoms in total. The van der Waals surface area contributed by atoms with E-state index in [1.54, 1.807) is 17.8 Å². The molecule has 1 aromatic heterocycles. The number of hydrogen-bond acceptors (Lipinski definition) is 5. The van der Waals surface area contributed by atoms with Crippen molar-refractivity contribution in [2.75, 3.05) is 0 Å². The van der Waals surface area contributed by atoms with Crippen LogP contribution in [0, 0.1) is 5.92 Å². The summed E-state index contributed by atoms with van der Waals surface area (Å²) in [6, 6.07) is 10.1. The molecular formula is C22H28N4O3. The Hall–Kier alpha value is -2.96. The number of nitrogens with one attached hydrogen (secondary N) is 1. The maximum absolute atomic E-state index is 12.3. The predicted octanol–water partition coefficient (Wildman–Crippen LogP) is 2.97. The summed E-state index contributed by atoms with van der Waals surface area (Å²) in [5.41, 5.74) is 1.66. The number of aromatic nitrogens is 3. The van der Waals surface area contributed by atoms with Crippen molar-refractivity contribution in [3.63, 3.8) is 0 Å². The number of carbonyl (C=O) groups is 2. The summed E-state index contributed by atoms with van der Waals surface area (Å²) in [5.74, 6) is -0.379. The van der Waals surface area contributed by atoms with Crippen LogP contribution in [0.15, 0.2) is 42.6 Å². The Labute approximate surface area is 171 Å². The summed E-state index contributed by atoms with van der Waals surface area (Å²) in [4.78, 5) is 24.3. The van der Waals surface area contributed by atoms with E-state index in [9.17, 15) is 9.59 Å². The van der Waals surface area contributed by atoms with E-state index in [1.807, 2.05) is 30.3 Å². The molecule has 1 fully saturated rings. The van der Waals surface area contributed by atoms with Gasteiger partial charge in [0.05, 0.1) is 12.7 Å². The molecule has 1 aliphatic rings. The Morgan fingerprint density at radius 2 is 2.03 bits per heavy atom. The maximum atomic E-state index is 12.3. The van der Waals surface area contributed by atoms with Gasteiger partial charge in [-0.2, -0.15) is 0 Å². The lowest BCUT2D eigenvalue weighted by molar-refractivity contribution is -0.150. The van der Waals surface area contributed by atoms with Crippen molar-refractivity contribution < 1.29 is 14.3 Å². The zero-order valence-corrected chi connectivity index (χ0v) is 17.0. The van der Waals surface area contributed by atoms with Gasteiger partial charge in [0.1, 0.15) is 5.69 Å². The van der Waals surface area contributed by atoms with E-state index in [2.05, 4.69) is 22.6 Å². The monoisotopic (exact) mass is 396 g/mol. The van der Waals surface area contributed by atoms with Gasteiger partial charge in [-0.15, -0.1) is 5.10 Å². The molecule has 0 spiro atoms. The highest BCUT2D eigenvalue weighted by Gasteiger charge is 2.25. The Balaban J connectivity index is 1.47. The average Bonchev–Trinajstić information content (AvgIpc) is 3.16. The van der Waals surface area contributed by atoms with Gasteiger partial charge in [0.2, 0.25) is 0 Å². The number of rotatable bonds is 7. The minimum absolute atomic E-state index is 0.160. The van der Waals surface area contributed by atoms with Crippen LogP contribution in [0.4, 0.5) is 0 Å². The van der Waals surface area contributed by atoms with Crippen molar-refractivity contribution in [1.82, 2.24) is 20.3 Å². The first-order chi connectivity index (χ1) is 14.0. The molecule has 7 heteroatoms. The fraction of sp³-hybridized carbons (Fsp3) is 0.455. The van der Waals surface area contributed by atoms with Gasteiger partial charge >= 0.3 is 5.97 Å². The van der Waals surface area contributed by atoms with E-state index in [4.69, 9.17) is 4.74 Å². The molecule has 1 aliphatic carbocycles. The number of carbonyl (C=O) groups excluding carboxylic acids is 2. The first-order valence-corrected chi connectivity index (χ1v) is 10.1. The van der Waals surface area contributed by atoms with Crippen molar-refractivity contribution in [3.8, 4) is 0 Å². The number of nitrogens with zero attached hydrogens (tertiary/aromatic N) is 3. The van der Waals surface area contributed by atoms with E-state index in [0.29, 0.717) is 18.2 Å². The van der Waals surface area contributed by atoms with Crippen LogP contribution >= 0.6 is 0 Å². The summed E-state index contributed by atoms with van der Waals surface area (Å²) < 4.78 is 6.92. The molecule has 3 atom stereocenters. The van der Waals surface area contributed by atoms with E-state index in [0.717, 1.165) is 24.8 Å². The molecule has 29 heavy (non-hydrogen) atoms. The van der Waals surface area contributed by atoms with Gasteiger partial charge in [-0.25, -0.2) is 9.48 Å². The van der Waals surface area contributed by atoms with Crippen LogP contribution in [0.3, 0.4) is 0 Å². The van der Waals surface area contributed by atoms with Crippen LogP contribution < -0.4 is 5.32 Å². The molecule has 0 unspecified atom stereocenters. The molecule has 0 aliphatic heterocycles. The zero-order chi connectivity index (χ0) is 20.6. The lowest BCUT2D eigenvalue weighted by atomic mass is 9.86. The Morgan fingerprint density at radius 3 is 2.79 bits per heavy atom. The second-order valence-corrected chi connectivity index (χ2v) is 7.62. The Kier molecular flexibility index (Phi) is 7.16. The lowest BCUT2D eigenvalue weighted by Gasteiger charge is -2.30. The van der Waals surface area contributed by atoms with Crippen molar-refractivity contribution in [1.29, 1.82) is 0 Å². The second kappa shape index (κ2) is 10.0. The van der Waals surface area contributed by atoms with E-state index in [1.165, 1.54) is 18.6 Å². The summed E-state index contributed by atoms with van der Waals surface area (Å²) in [7, 11) is 0. The average molecular weight is 396 g/mol. The molecule has 1 N–H and O–H groups in total. The van der Waals surface area contributed by atoms with Crippen LogP contribution in [0.1, 0.15) is 50.8 Å². The van der Waals surface area contributed by atoms with Gasteiger partial charge in [-0.05, 0) is 37.3 Å². The highest BCUT2D eigenvalue weighted by Crippen LogP contribution is 2.23. The smallest absolute Gasteiger partial charge is 0.331 e. The Morgan fingerprint density at radius 1 is 1.28 bits per heavy atom. The van der Waals surface area contributed by atoms with Crippen LogP contribution in [0.2, 0.25) is 0 Å². The third kappa shape index (κ3) is 6.27. The van der Waals surface area contributed by atoms with Gasteiger partial charge in [-0.1, -0.05) is 55.3 Å². The topological polar surface area (TPSA) is 86.1 Å². The zero-order valence-electron chi connectivity index (χ0n) is 17.0. The molecule has 0 bridgehead atoms. The number of hydrogen-bond donors (Lipinski definition) is 1. The normalized spacial score (nSPS) is 20.3. The van der Waals surface area contributed by atoms with Gasteiger partial charge in [0.25, 0.3) is 5.91 Å². The van der Waals surface area contributed by atoms with Crippen LogP contribution in [-0.2, 0) is 20.9 Å². The van der Waals surface area contributed by atoms with Gasteiger partial charge in [-0.3, -0.25) is 4.79 Å². The van der Waals surface area contributed by atoms with Crippen molar-refractivity contribution in [2.45, 2.75) is 58.2 Å². The second-order valence-electron chi connectivity index (χ2n) is 7.62. The third-order valence-electron chi connectivity index (χ3n) is 5.24. The number of ether oxygens (including phenoxy) is 1. The molecule has 0 saturated heterocycles. The van der Waals surface area contributed by atoms with Crippen molar-refractivity contribution in [3.05, 3.63) is 53.9 Å². The first kappa shape index (κ1) is 20.8. The first-order valence-electron chi connectivity index (χ1n) is 10.1. The maximum Gasteiger partial charge on any atom is 0.331 e. The van der Waals surface area contributed by atoms with Crippen LogP contribution in [-0.4, -0.2) is 39.0 Å². The van der Waals surface area contributed by atoms with E-state index >= 15 is 0 Å². The molecule has 154 valence electrons. The largest absolute Gasteiger partial charge is 0.449 e. The summed E-state index contributed by atoms with van der Waals surface area (Å²) >= 11 is 0. The highest BCUT2D eigenvalue weighted by molar-refractivity contribution is 5.90. The standard InChI is InChI=1S/C22H28N4O3/c1-16-8-6-7-11-20(16)23-22(28)17(2)29-21(27)13-12-19-15-26(25-24-19)14-18-9-4-3-5-10-18/h3-5,9-10,12-13,15-17,20H,6-8,11,14H2,1-2H3,(H,23,28)/b13-12+/t16-,17+,20+/m0/s1. The SMILES string of the molecule is C[C@@H](OC(=O)/C=C/c1cn(Cc2ccccc2)nn1)C(=O)N[C@@H]1CCCC[C@@H]1C. The lowest BCUT2D eigenvalue weighted by Crippen LogP contribution is -2.45. The van der Waals surface area contributed by atoms with Crippen LogP contribution in [0.25, 0.3) is 6.08 Å².